The number of halogens is 1. The summed E-state index contributed by atoms with van der Waals surface area (Å²) in [4.78, 5) is 141. The molecule has 0 bridgehead atoms. The number of thiocarbonyl (C=S) groups is 3. The van der Waals surface area contributed by atoms with Crippen LogP contribution in [0.2, 0.25) is 0 Å². The zero-order valence-corrected chi connectivity index (χ0v) is 65.6. The number of ether oxygens (including phenoxy) is 3. The normalized spacial score (nSPS) is 14.3. The first-order chi connectivity index (χ1) is 54.4. The number of hydrogen-bond acceptors (Lipinski definition) is 26. The number of pyridine rings is 2. The number of carbonyl (C=O) groups is 10. The van der Waals surface area contributed by atoms with E-state index in [1.807, 2.05) is 17.0 Å². The van der Waals surface area contributed by atoms with Crippen LogP contribution < -0.4 is 53.2 Å². The van der Waals surface area contributed by atoms with E-state index >= 15 is 0 Å². The number of aromatic nitrogens is 2. The van der Waals surface area contributed by atoms with Gasteiger partial charge in [-0.1, -0.05) is 25.1 Å². The number of likely N-dealkylation sites (N-methyl/N-ethyl adjacent to an activating group) is 1. The molecule has 113 heavy (non-hydrogen) atoms. The monoisotopic (exact) mass is 1640 g/mol. The summed E-state index contributed by atoms with van der Waals surface area (Å²) in [5.74, 6) is -6.89. The molecule has 2 aromatic heterocycles. The number of nitrogens with zero attached hydrogens (tertiary/aromatic N) is 7. The second-order valence-electron chi connectivity index (χ2n) is 26.1. The van der Waals surface area contributed by atoms with E-state index in [1.165, 1.54) is 12.1 Å². The van der Waals surface area contributed by atoms with Gasteiger partial charge in [0.1, 0.15) is 12.6 Å². The molecule has 1 aliphatic rings. The van der Waals surface area contributed by atoms with Crippen LogP contribution in [0.4, 0.5) is 26.4 Å². The number of benzene rings is 2. The van der Waals surface area contributed by atoms with Gasteiger partial charge in [0.15, 0.2) is 32.5 Å². The number of urea groups is 1. The summed E-state index contributed by atoms with van der Waals surface area (Å²) in [5.41, 5.74) is 3.39. The van der Waals surface area contributed by atoms with Crippen LogP contribution in [0, 0.1) is 0 Å². The molecule has 36 nitrogen and oxygen atoms in total. The number of unbranched alkanes of at least 4 members (excludes halogenated alkanes) is 1. The molecule has 3 heterocycles. The van der Waals surface area contributed by atoms with Crippen molar-refractivity contribution in [2.24, 2.45) is 0 Å². The molecule has 5 rings (SSSR count). The Balaban J connectivity index is 1.20. The summed E-state index contributed by atoms with van der Waals surface area (Å²) in [6.07, 6.45) is 2.96. The summed E-state index contributed by atoms with van der Waals surface area (Å²) in [6.45, 7) is 9.09. The average Bonchev–Trinajstić information content (AvgIpc) is 0.797. The molecule has 2 aromatic carbocycles. The summed E-state index contributed by atoms with van der Waals surface area (Å²) < 4.78 is 30.4. The molecule has 1 saturated heterocycles. The van der Waals surface area contributed by atoms with Gasteiger partial charge in [-0.25, -0.2) is 29.3 Å². The summed E-state index contributed by atoms with van der Waals surface area (Å²) >= 11 is 17.0. The molecule has 4 aromatic rings. The van der Waals surface area contributed by atoms with Gasteiger partial charge in [0.2, 0.25) is 0 Å². The number of amides is 2. The van der Waals surface area contributed by atoms with Crippen LogP contribution >= 0.6 is 36.7 Å². The zero-order valence-electron chi connectivity index (χ0n) is 63.1. The molecule has 15 N–H and O–H groups in total. The van der Waals surface area contributed by atoms with E-state index in [-0.39, 0.29) is 119 Å². The third-order valence-corrected chi connectivity index (χ3v) is 18.1. The molecule has 0 saturated carbocycles. The second kappa shape index (κ2) is 54.2. The number of ketones is 1. The standard InChI is InChI=1S/C73H104FN17O19S3/c1-2-87(47-66(99)100)28-29-91(48-67(101)102)60(42-76-43-65(97)98)39-51-12-16-53(17-13-51)84-72(112)78-22-26-88(46-63(94)52-14-18-54(19-15-52)85-71(111)77-20-4-3-7-56(49-92)82-70(106)83-57(50-93)9-6-11-64(95)96)27-23-79-73(113)86-58-40-59(81-62(41-58)68(103)104)45-89-25-21-75-24-33-107-34-31-90(32-36-109-38-37-108-35-30-89)44-55-8-5-10-61(80-55)69(105)110-74/h5,8,10,12-19,40-41,49-50,56-57,60,75-76H,2-4,6-7,9,11,20-39,42-48H2,1H3,(H,95,96)(H,97,98)(H,99,100)(H,101,102)(H,103,104)(H2,77,85,111)(H2,78,84,112)(H2,82,83,106)(H2,79,81,86,113). The Bertz CT molecular complexity index is 3680. The van der Waals surface area contributed by atoms with Gasteiger partial charge in [0.25, 0.3) is 0 Å². The first-order valence-corrected chi connectivity index (χ1v) is 38.2. The molecule has 0 spiro atoms. The maximum absolute atomic E-state index is 14.1. The van der Waals surface area contributed by atoms with Gasteiger partial charge >= 0.3 is 41.8 Å². The van der Waals surface area contributed by atoms with E-state index in [1.54, 1.807) is 71.3 Å². The Kier molecular flexibility index (Phi) is 45.1. The van der Waals surface area contributed by atoms with Gasteiger partial charge in [-0.05, 0) is 148 Å². The number of anilines is 3. The summed E-state index contributed by atoms with van der Waals surface area (Å²) in [7, 11) is 0. The topological polar surface area (TPSA) is 471 Å². The first-order valence-electron chi connectivity index (χ1n) is 36.9. The van der Waals surface area contributed by atoms with Gasteiger partial charge in [-0.15, -0.1) is 0 Å². The number of aldehydes is 2. The van der Waals surface area contributed by atoms with E-state index in [2.05, 4.69) is 77.9 Å². The first kappa shape index (κ1) is 94.0. The van der Waals surface area contributed by atoms with Crippen LogP contribution in [0.3, 0.4) is 0 Å². The fraction of sp³-hybridized carbons (Fsp3) is 0.521. The molecule has 40 heteroatoms. The molecular weight excluding hydrogens is 1530 g/mol. The number of Topliss-reactive ketones (excluding diaryl/α,β-unsaturated/α-hetero) is 1. The lowest BCUT2D eigenvalue weighted by atomic mass is 10.0. The van der Waals surface area contributed by atoms with Crippen LogP contribution in [-0.2, 0) is 67.4 Å². The molecule has 3 atom stereocenters. The van der Waals surface area contributed by atoms with Crippen LogP contribution in [0.15, 0.2) is 78.9 Å². The highest BCUT2D eigenvalue weighted by Crippen LogP contribution is 2.18. The quantitative estimate of drug-likeness (QED) is 0.0130. The van der Waals surface area contributed by atoms with E-state index < -0.39 is 60.0 Å². The second-order valence-corrected chi connectivity index (χ2v) is 27.3. The molecule has 1 fully saturated rings. The highest BCUT2D eigenvalue weighted by molar-refractivity contribution is 7.80. The number of carboxylic acids is 5. The molecule has 0 radical (unpaired) electrons. The Morgan fingerprint density at radius 1 is 0.593 bits per heavy atom. The van der Waals surface area contributed by atoms with Gasteiger partial charge in [0.05, 0.1) is 89.3 Å². The van der Waals surface area contributed by atoms with Crippen molar-refractivity contribution in [2.45, 2.75) is 83.1 Å². The number of hydrogen-bond donors (Lipinski definition) is 15. The lowest BCUT2D eigenvalue weighted by Gasteiger charge is -2.32. The van der Waals surface area contributed by atoms with Gasteiger partial charge in [0, 0.05) is 144 Å². The molecule has 3 unspecified atom stereocenters. The third kappa shape index (κ3) is 40.7. The maximum atomic E-state index is 14.1. The summed E-state index contributed by atoms with van der Waals surface area (Å²) in [6, 6.07) is 18.8. The Morgan fingerprint density at radius 2 is 1.16 bits per heavy atom. The van der Waals surface area contributed by atoms with Crippen molar-refractivity contribution in [2.75, 3.05) is 180 Å². The largest absolute Gasteiger partial charge is 0.481 e. The average molecular weight is 1640 g/mol. The number of rotatable bonds is 46. The van der Waals surface area contributed by atoms with Crippen molar-refractivity contribution < 1.29 is 97.2 Å². The van der Waals surface area contributed by atoms with E-state index in [4.69, 9.17) is 56.0 Å². The number of aliphatic carboxylic acids is 4. The predicted molar refractivity (Wildman–Crippen MR) is 428 cm³/mol. The molecule has 1 aliphatic heterocycles. The number of carbonyl (C=O) groups excluding carboxylic acids is 5. The van der Waals surface area contributed by atoms with Crippen molar-refractivity contribution in [1.82, 2.24) is 71.7 Å². The maximum Gasteiger partial charge on any atom is 0.397 e. The lowest BCUT2D eigenvalue weighted by Crippen LogP contribution is -2.49. The smallest absolute Gasteiger partial charge is 0.397 e. The van der Waals surface area contributed by atoms with Crippen LogP contribution in [0.5, 0.6) is 0 Å². The predicted octanol–water partition coefficient (Wildman–Crippen LogP) is 2.16. The van der Waals surface area contributed by atoms with E-state index in [9.17, 15) is 72.9 Å². The van der Waals surface area contributed by atoms with Crippen molar-refractivity contribution in [3.63, 3.8) is 0 Å². The van der Waals surface area contributed by atoms with Crippen LogP contribution in [0.25, 0.3) is 0 Å². The van der Waals surface area contributed by atoms with Crippen molar-refractivity contribution in [3.8, 4) is 0 Å². The lowest BCUT2D eigenvalue weighted by molar-refractivity contribution is -0.140. The van der Waals surface area contributed by atoms with E-state index in [0.29, 0.717) is 182 Å². The van der Waals surface area contributed by atoms with Crippen LogP contribution in [0.1, 0.15) is 93.7 Å². The Morgan fingerprint density at radius 3 is 1.73 bits per heavy atom. The van der Waals surface area contributed by atoms with E-state index in [0.717, 1.165) is 5.56 Å². The highest BCUT2D eigenvalue weighted by atomic mass is 32.1. The minimum Gasteiger partial charge on any atom is -0.481 e. The summed E-state index contributed by atoms with van der Waals surface area (Å²) in [5, 5.41) is 78.5. The Labute approximate surface area is 670 Å². The molecule has 0 aliphatic carbocycles. The molecule has 2 amide bonds. The fourth-order valence-corrected chi connectivity index (χ4v) is 12.2. The van der Waals surface area contributed by atoms with Crippen molar-refractivity contribution in [1.29, 1.82) is 0 Å². The van der Waals surface area contributed by atoms with Gasteiger partial charge in [-0.3, -0.25) is 48.5 Å². The van der Waals surface area contributed by atoms with Gasteiger partial charge in [-0.2, -0.15) is 0 Å². The third-order valence-electron chi connectivity index (χ3n) is 17.3. The SMILES string of the molecule is CCN(CCN(CC(=O)O)C(CNCC(=O)O)Cc1ccc(NC(=S)NCCN(CCNC(=S)Nc2cc(CN3CCNCCOCCN(Cc4cccc(C(=O)OF)n4)CCOCCOCC3)nc(C(=O)O)c2)CC(=O)c2ccc(NC(=S)NCCCCC(C=O)NC(=O)NC(C=O)CCCC(=O)O)cc2)cc1)CC(=O)O. The minimum absolute atomic E-state index is 0.0522. The van der Waals surface area contributed by atoms with Gasteiger partial charge < -0.3 is 103 Å². The fourth-order valence-electron chi connectivity index (χ4n) is 11.5. The van der Waals surface area contributed by atoms with Crippen molar-refractivity contribution >= 4 is 129 Å². The number of aromatic carboxylic acids is 1. The minimum atomic E-state index is -1.25. The zero-order chi connectivity index (χ0) is 82.1. The number of nitrogens with one attached hydrogen (secondary N) is 10. The highest BCUT2D eigenvalue weighted by Gasteiger charge is 2.25. The van der Waals surface area contributed by atoms with Crippen LogP contribution in [-0.4, -0.2) is 318 Å². The number of carboxylic acid groups (broad SMARTS) is 5. The molecule has 620 valence electrons. The molecular formula is C73H104FN17O19S3. The van der Waals surface area contributed by atoms with Crippen molar-refractivity contribution in [3.05, 3.63) is 113 Å². The Hall–Kier alpha value is -9.56.